The summed E-state index contributed by atoms with van der Waals surface area (Å²) < 4.78 is 0. The van der Waals surface area contributed by atoms with E-state index in [0.29, 0.717) is 0 Å². The second-order valence-corrected chi connectivity index (χ2v) is 3.74. The summed E-state index contributed by atoms with van der Waals surface area (Å²) in [5.74, 6) is 0.962. The van der Waals surface area contributed by atoms with E-state index in [9.17, 15) is 0 Å². The van der Waals surface area contributed by atoms with Gasteiger partial charge >= 0.3 is 0 Å². The van der Waals surface area contributed by atoms with Crippen LogP contribution in [0.3, 0.4) is 0 Å². The zero-order chi connectivity index (χ0) is 8.10. The van der Waals surface area contributed by atoms with Crippen molar-refractivity contribution in [1.82, 2.24) is 5.32 Å². The van der Waals surface area contributed by atoms with Crippen LogP contribution in [0.15, 0.2) is 0 Å². The van der Waals surface area contributed by atoms with Gasteiger partial charge in [-0.3, -0.25) is 0 Å². The van der Waals surface area contributed by atoms with Crippen molar-refractivity contribution in [3.63, 3.8) is 0 Å². The van der Waals surface area contributed by atoms with E-state index < -0.39 is 0 Å². The van der Waals surface area contributed by atoms with Gasteiger partial charge in [-0.15, -0.1) is 0 Å². The van der Waals surface area contributed by atoms with E-state index in [1.54, 1.807) is 0 Å². The predicted octanol–water partition coefficient (Wildman–Crippen LogP) is 2.56. The molecule has 0 aromatic carbocycles. The summed E-state index contributed by atoms with van der Waals surface area (Å²) in [5, 5.41) is 3.52. The Morgan fingerprint density at radius 3 is 2.45 bits per heavy atom. The average Bonchev–Trinajstić information content (AvgIpc) is 2.07. The van der Waals surface area contributed by atoms with Crippen LogP contribution in [0.25, 0.3) is 0 Å². The number of nitrogens with one attached hydrogen (secondary N) is 1. The first-order chi connectivity index (χ1) is 5.34. The van der Waals surface area contributed by atoms with E-state index in [-0.39, 0.29) is 0 Å². The minimum atomic E-state index is 0.750. The third-order valence-electron chi connectivity index (χ3n) is 2.88. The molecule has 1 heteroatoms. The SMILES string of the molecule is CCN[C@@H](C)C1CCCCC1. The fourth-order valence-electron chi connectivity index (χ4n) is 2.12. The molecule has 1 N–H and O–H groups in total. The molecule has 1 aliphatic carbocycles. The lowest BCUT2D eigenvalue weighted by atomic mass is 9.84. The van der Waals surface area contributed by atoms with E-state index in [0.717, 1.165) is 18.5 Å². The van der Waals surface area contributed by atoms with Gasteiger partial charge in [0.05, 0.1) is 0 Å². The fraction of sp³-hybridized carbons (Fsp3) is 1.00. The van der Waals surface area contributed by atoms with Gasteiger partial charge in [-0.05, 0) is 32.2 Å². The molecule has 0 amide bonds. The van der Waals surface area contributed by atoms with Gasteiger partial charge in [0.25, 0.3) is 0 Å². The van der Waals surface area contributed by atoms with E-state index >= 15 is 0 Å². The first kappa shape index (κ1) is 9.05. The Labute approximate surface area is 70.6 Å². The molecule has 11 heavy (non-hydrogen) atoms. The molecule has 0 aliphatic heterocycles. The maximum absolute atomic E-state index is 3.52. The molecule has 1 atom stereocenters. The van der Waals surface area contributed by atoms with Gasteiger partial charge in [0.1, 0.15) is 0 Å². The van der Waals surface area contributed by atoms with Gasteiger partial charge in [-0.2, -0.15) is 0 Å². The molecule has 1 nitrogen and oxygen atoms in total. The van der Waals surface area contributed by atoms with Gasteiger partial charge in [0, 0.05) is 6.04 Å². The van der Waals surface area contributed by atoms with Crippen LogP contribution in [0, 0.1) is 5.92 Å². The highest BCUT2D eigenvalue weighted by molar-refractivity contribution is 4.74. The highest BCUT2D eigenvalue weighted by Crippen LogP contribution is 2.25. The summed E-state index contributed by atoms with van der Waals surface area (Å²) >= 11 is 0. The minimum Gasteiger partial charge on any atom is -0.314 e. The standard InChI is InChI=1S/C10H21N/c1-3-11-9(2)10-7-5-4-6-8-10/h9-11H,3-8H2,1-2H3/t9-/m0/s1. The first-order valence-corrected chi connectivity index (χ1v) is 5.08. The molecule has 66 valence electrons. The third kappa shape index (κ3) is 2.82. The van der Waals surface area contributed by atoms with Crippen LogP contribution in [0.5, 0.6) is 0 Å². The summed E-state index contributed by atoms with van der Waals surface area (Å²) in [5.41, 5.74) is 0. The smallest absolute Gasteiger partial charge is 0.00668 e. The lowest BCUT2D eigenvalue weighted by Crippen LogP contribution is -2.34. The number of hydrogen-bond donors (Lipinski definition) is 1. The molecule has 0 spiro atoms. The number of rotatable bonds is 3. The Balaban J connectivity index is 2.21. The molecule has 0 bridgehead atoms. The molecule has 0 unspecified atom stereocenters. The summed E-state index contributed by atoms with van der Waals surface area (Å²) in [4.78, 5) is 0. The van der Waals surface area contributed by atoms with E-state index in [4.69, 9.17) is 0 Å². The van der Waals surface area contributed by atoms with Gasteiger partial charge in [0.15, 0.2) is 0 Å². The summed E-state index contributed by atoms with van der Waals surface area (Å²) in [6.07, 6.45) is 7.29. The molecule has 0 heterocycles. The molecule has 1 saturated carbocycles. The van der Waals surface area contributed by atoms with Crippen LogP contribution in [0.2, 0.25) is 0 Å². The fourth-order valence-corrected chi connectivity index (χ4v) is 2.12. The Morgan fingerprint density at radius 2 is 1.91 bits per heavy atom. The van der Waals surface area contributed by atoms with Crippen molar-refractivity contribution in [2.45, 2.75) is 52.0 Å². The molecule has 1 rings (SSSR count). The molecule has 1 fully saturated rings. The van der Waals surface area contributed by atoms with Crippen molar-refractivity contribution >= 4 is 0 Å². The van der Waals surface area contributed by atoms with Crippen molar-refractivity contribution in [3.05, 3.63) is 0 Å². The normalized spacial score (nSPS) is 23.5. The summed E-state index contributed by atoms with van der Waals surface area (Å²) in [6, 6.07) is 0.750. The van der Waals surface area contributed by atoms with E-state index in [2.05, 4.69) is 19.2 Å². The van der Waals surface area contributed by atoms with Crippen LogP contribution < -0.4 is 5.32 Å². The molecule has 0 aromatic rings. The van der Waals surface area contributed by atoms with Crippen molar-refractivity contribution in [2.24, 2.45) is 5.92 Å². The highest BCUT2D eigenvalue weighted by atomic mass is 14.9. The Morgan fingerprint density at radius 1 is 1.27 bits per heavy atom. The second-order valence-electron chi connectivity index (χ2n) is 3.74. The Bertz CT molecular complexity index is 95.0. The largest absolute Gasteiger partial charge is 0.314 e. The van der Waals surface area contributed by atoms with Crippen molar-refractivity contribution in [3.8, 4) is 0 Å². The Hall–Kier alpha value is -0.0400. The van der Waals surface area contributed by atoms with Crippen molar-refractivity contribution in [1.29, 1.82) is 0 Å². The second kappa shape index (κ2) is 4.76. The average molecular weight is 155 g/mol. The minimum absolute atomic E-state index is 0.750. The summed E-state index contributed by atoms with van der Waals surface area (Å²) in [6.45, 7) is 5.65. The van der Waals surface area contributed by atoms with Gasteiger partial charge in [0.2, 0.25) is 0 Å². The van der Waals surface area contributed by atoms with E-state index in [1.165, 1.54) is 32.1 Å². The van der Waals surface area contributed by atoms with Crippen molar-refractivity contribution in [2.75, 3.05) is 6.54 Å². The third-order valence-corrected chi connectivity index (χ3v) is 2.88. The molecular formula is C10H21N. The lowest BCUT2D eigenvalue weighted by Gasteiger charge is -2.27. The molecule has 0 radical (unpaired) electrons. The topological polar surface area (TPSA) is 12.0 Å². The van der Waals surface area contributed by atoms with Crippen LogP contribution in [0.4, 0.5) is 0 Å². The molecule has 1 aliphatic rings. The zero-order valence-electron chi connectivity index (χ0n) is 7.90. The van der Waals surface area contributed by atoms with Crippen molar-refractivity contribution < 1.29 is 0 Å². The maximum atomic E-state index is 3.52. The number of hydrogen-bond acceptors (Lipinski definition) is 1. The first-order valence-electron chi connectivity index (χ1n) is 5.08. The van der Waals surface area contributed by atoms with Crippen LogP contribution in [-0.4, -0.2) is 12.6 Å². The predicted molar refractivity (Wildman–Crippen MR) is 49.7 cm³/mol. The molecule has 0 aromatic heterocycles. The molecular weight excluding hydrogens is 134 g/mol. The van der Waals surface area contributed by atoms with Crippen LogP contribution >= 0.6 is 0 Å². The highest BCUT2D eigenvalue weighted by Gasteiger charge is 2.18. The quantitative estimate of drug-likeness (QED) is 0.660. The maximum Gasteiger partial charge on any atom is 0.00668 e. The van der Waals surface area contributed by atoms with E-state index in [1.807, 2.05) is 0 Å². The zero-order valence-corrected chi connectivity index (χ0v) is 7.90. The monoisotopic (exact) mass is 155 g/mol. The van der Waals surface area contributed by atoms with Gasteiger partial charge < -0.3 is 5.32 Å². The summed E-state index contributed by atoms with van der Waals surface area (Å²) in [7, 11) is 0. The van der Waals surface area contributed by atoms with Crippen LogP contribution in [-0.2, 0) is 0 Å². The van der Waals surface area contributed by atoms with Gasteiger partial charge in [-0.1, -0.05) is 26.2 Å². The lowest BCUT2D eigenvalue weighted by molar-refractivity contribution is 0.284. The molecule has 0 saturated heterocycles. The van der Waals surface area contributed by atoms with Crippen LogP contribution in [0.1, 0.15) is 46.0 Å². The van der Waals surface area contributed by atoms with Gasteiger partial charge in [-0.25, -0.2) is 0 Å². The Kier molecular flexibility index (Phi) is 3.92.